The first kappa shape index (κ1) is 18.3. The summed E-state index contributed by atoms with van der Waals surface area (Å²) < 4.78 is 24.3. The zero-order valence-electron chi connectivity index (χ0n) is 13.3. The minimum Gasteiger partial charge on any atom is -0.337 e. The summed E-state index contributed by atoms with van der Waals surface area (Å²) in [7, 11) is -1.74. The molecule has 0 saturated carbocycles. The van der Waals surface area contributed by atoms with E-state index in [2.05, 4.69) is 5.32 Å². The average Bonchev–Trinajstić information content (AvgIpc) is 2.57. The Morgan fingerprint density at radius 2 is 1.71 bits per heavy atom. The van der Waals surface area contributed by atoms with E-state index in [1.165, 1.54) is 4.90 Å². The van der Waals surface area contributed by atoms with E-state index >= 15 is 0 Å². The monoisotopic (exact) mass is 366 g/mol. The molecule has 0 radical (unpaired) electrons. The average molecular weight is 367 g/mol. The second-order valence-corrected chi connectivity index (χ2v) is 7.89. The molecule has 1 N–H and O–H groups in total. The van der Waals surface area contributed by atoms with E-state index in [0.717, 1.165) is 5.56 Å². The van der Waals surface area contributed by atoms with Crippen LogP contribution >= 0.6 is 11.6 Å². The molecule has 0 bridgehead atoms. The third kappa shape index (κ3) is 5.25. The van der Waals surface area contributed by atoms with Crippen molar-refractivity contribution in [1.82, 2.24) is 10.2 Å². The number of nitrogens with zero attached hydrogens (tertiary/aromatic N) is 1. The lowest BCUT2D eigenvalue weighted by Crippen LogP contribution is -2.39. The number of rotatable bonds is 6. The van der Waals surface area contributed by atoms with Gasteiger partial charge in [-0.2, -0.15) is 0 Å². The molecule has 7 heteroatoms. The quantitative estimate of drug-likeness (QED) is 0.854. The largest absolute Gasteiger partial charge is 0.337 e. The van der Waals surface area contributed by atoms with Crippen molar-refractivity contribution in [2.24, 2.45) is 0 Å². The third-order valence-corrected chi connectivity index (χ3v) is 5.41. The minimum absolute atomic E-state index is 0.0566. The summed E-state index contributed by atoms with van der Waals surface area (Å²) in [6.07, 6.45) is 0. The van der Waals surface area contributed by atoms with Crippen LogP contribution in [-0.4, -0.2) is 38.7 Å². The fourth-order valence-electron chi connectivity index (χ4n) is 2.11. The first-order valence-corrected chi connectivity index (χ1v) is 9.43. The molecule has 2 rings (SSSR count). The first-order valence-electron chi connectivity index (χ1n) is 7.40. The van der Waals surface area contributed by atoms with Crippen molar-refractivity contribution in [3.05, 3.63) is 65.2 Å². The summed E-state index contributed by atoms with van der Waals surface area (Å²) in [6, 6.07) is 15.1. The van der Waals surface area contributed by atoms with Crippen molar-refractivity contribution in [3.63, 3.8) is 0 Å². The van der Waals surface area contributed by atoms with Crippen LogP contribution < -0.4 is 5.32 Å². The van der Waals surface area contributed by atoms with Crippen molar-refractivity contribution in [2.45, 2.75) is 11.4 Å². The van der Waals surface area contributed by atoms with Gasteiger partial charge in [0.2, 0.25) is 0 Å². The molecule has 0 aromatic heterocycles. The van der Waals surface area contributed by atoms with Crippen molar-refractivity contribution in [1.29, 1.82) is 0 Å². The second-order valence-electron chi connectivity index (χ2n) is 5.35. The van der Waals surface area contributed by atoms with E-state index in [4.69, 9.17) is 11.6 Å². The summed E-state index contributed by atoms with van der Waals surface area (Å²) in [5.41, 5.74) is 0.939. The number of carbonyl (C=O) groups is 1. The molecule has 5 nitrogen and oxygen atoms in total. The lowest BCUT2D eigenvalue weighted by Gasteiger charge is -2.18. The standard InChI is InChI=1S/C17H19ClN2O3S/c1-20(13-14-7-9-15(18)10-8-14)17(21)19-11-12-24(22,23)16-5-3-2-4-6-16/h2-10H,11-13H2,1H3,(H,19,21). The molecule has 128 valence electrons. The molecule has 2 aromatic rings. The van der Waals surface area contributed by atoms with Gasteiger partial charge in [-0.05, 0) is 29.8 Å². The zero-order valence-corrected chi connectivity index (χ0v) is 14.8. The predicted octanol–water partition coefficient (Wildman–Crippen LogP) is 2.96. The molecule has 0 saturated heterocycles. The molecule has 2 aromatic carbocycles. The van der Waals surface area contributed by atoms with E-state index in [1.54, 1.807) is 49.5 Å². The Morgan fingerprint density at radius 3 is 2.33 bits per heavy atom. The lowest BCUT2D eigenvalue weighted by molar-refractivity contribution is 0.207. The highest BCUT2D eigenvalue weighted by atomic mass is 35.5. The molecule has 0 fully saturated rings. The molecular weight excluding hydrogens is 348 g/mol. The smallest absolute Gasteiger partial charge is 0.317 e. The maximum Gasteiger partial charge on any atom is 0.317 e. The van der Waals surface area contributed by atoms with E-state index < -0.39 is 9.84 Å². The Bertz CT molecular complexity index is 777. The Balaban J connectivity index is 1.83. The summed E-state index contributed by atoms with van der Waals surface area (Å²) >= 11 is 5.82. The van der Waals surface area contributed by atoms with Crippen LogP contribution in [0.4, 0.5) is 4.79 Å². The van der Waals surface area contributed by atoms with Gasteiger partial charge in [0, 0.05) is 25.2 Å². The number of amides is 2. The van der Waals surface area contributed by atoms with Gasteiger partial charge in [-0.15, -0.1) is 0 Å². The maximum absolute atomic E-state index is 12.1. The molecule has 0 spiro atoms. The molecule has 2 amide bonds. The zero-order chi connectivity index (χ0) is 17.6. The van der Waals surface area contributed by atoms with Crippen LogP contribution in [0.2, 0.25) is 5.02 Å². The Hall–Kier alpha value is -2.05. The van der Waals surface area contributed by atoms with E-state index in [0.29, 0.717) is 11.6 Å². The molecular formula is C17H19ClN2O3S. The van der Waals surface area contributed by atoms with Crippen molar-refractivity contribution >= 4 is 27.5 Å². The molecule has 0 aliphatic rings. The van der Waals surface area contributed by atoms with Gasteiger partial charge < -0.3 is 10.2 Å². The molecule has 0 heterocycles. The fraction of sp³-hybridized carbons (Fsp3) is 0.235. The molecule has 0 unspecified atom stereocenters. The Morgan fingerprint density at radius 1 is 1.08 bits per heavy atom. The van der Waals surface area contributed by atoms with Crippen LogP contribution in [0.1, 0.15) is 5.56 Å². The Labute approximate surface area is 147 Å². The predicted molar refractivity (Wildman–Crippen MR) is 94.8 cm³/mol. The number of hydrogen-bond donors (Lipinski definition) is 1. The van der Waals surface area contributed by atoms with Crippen LogP contribution in [0.25, 0.3) is 0 Å². The number of sulfone groups is 1. The van der Waals surface area contributed by atoms with Gasteiger partial charge in [0.1, 0.15) is 0 Å². The SMILES string of the molecule is CN(Cc1ccc(Cl)cc1)C(=O)NCCS(=O)(=O)c1ccccc1. The van der Waals surface area contributed by atoms with Crippen LogP contribution in [-0.2, 0) is 16.4 Å². The fourth-order valence-corrected chi connectivity index (χ4v) is 3.41. The maximum atomic E-state index is 12.1. The summed E-state index contributed by atoms with van der Waals surface area (Å²) in [4.78, 5) is 13.8. The van der Waals surface area contributed by atoms with Crippen LogP contribution in [0.5, 0.6) is 0 Å². The number of nitrogens with one attached hydrogen (secondary N) is 1. The lowest BCUT2D eigenvalue weighted by atomic mass is 10.2. The normalized spacial score (nSPS) is 11.1. The first-order chi connectivity index (χ1) is 11.4. The van der Waals surface area contributed by atoms with Crippen LogP contribution in [0.3, 0.4) is 0 Å². The van der Waals surface area contributed by atoms with Gasteiger partial charge in [-0.25, -0.2) is 13.2 Å². The van der Waals surface area contributed by atoms with Gasteiger partial charge in [0.05, 0.1) is 10.6 Å². The van der Waals surface area contributed by atoms with Gasteiger partial charge in [-0.1, -0.05) is 41.9 Å². The van der Waals surface area contributed by atoms with Crippen molar-refractivity contribution < 1.29 is 13.2 Å². The van der Waals surface area contributed by atoms with Crippen LogP contribution in [0, 0.1) is 0 Å². The van der Waals surface area contributed by atoms with Gasteiger partial charge in [0.25, 0.3) is 0 Å². The van der Waals surface area contributed by atoms with Gasteiger partial charge in [-0.3, -0.25) is 0 Å². The highest BCUT2D eigenvalue weighted by molar-refractivity contribution is 7.91. The van der Waals surface area contributed by atoms with Gasteiger partial charge in [0.15, 0.2) is 9.84 Å². The molecule has 0 aliphatic carbocycles. The van der Waals surface area contributed by atoms with Crippen LogP contribution in [0.15, 0.2) is 59.5 Å². The number of halogens is 1. The number of urea groups is 1. The summed E-state index contributed by atoms with van der Waals surface area (Å²) in [5, 5.41) is 3.26. The van der Waals surface area contributed by atoms with E-state index in [-0.39, 0.29) is 23.2 Å². The number of benzene rings is 2. The van der Waals surface area contributed by atoms with E-state index in [1.807, 2.05) is 12.1 Å². The molecule has 0 aliphatic heterocycles. The number of hydrogen-bond acceptors (Lipinski definition) is 3. The third-order valence-electron chi connectivity index (χ3n) is 3.43. The van der Waals surface area contributed by atoms with Crippen molar-refractivity contribution in [3.8, 4) is 0 Å². The molecule has 24 heavy (non-hydrogen) atoms. The summed E-state index contributed by atoms with van der Waals surface area (Å²) in [5.74, 6) is -0.141. The van der Waals surface area contributed by atoms with Gasteiger partial charge >= 0.3 is 6.03 Å². The number of carbonyl (C=O) groups excluding carboxylic acids is 1. The Kier molecular flexibility index (Phi) is 6.23. The highest BCUT2D eigenvalue weighted by Gasteiger charge is 2.15. The topological polar surface area (TPSA) is 66.5 Å². The summed E-state index contributed by atoms with van der Waals surface area (Å²) in [6.45, 7) is 0.468. The molecule has 0 atom stereocenters. The van der Waals surface area contributed by atoms with E-state index in [9.17, 15) is 13.2 Å². The second kappa shape index (κ2) is 8.17. The minimum atomic E-state index is -3.39. The highest BCUT2D eigenvalue weighted by Crippen LogP contribution is 2.11. The van der Waals surface area contributed by atoms with Crippen molar-refractivity contribution in [2.75, 3.05) is 19.3 Å².